The summed E-state index contributed by atoms with van der Waals surface area (Å²) < 4.78 is 6.08. The molecule has 1 aromatic heterocycles. The molecule has 0 aliphatic rings. The minimum absolute atomic E-state index is 0.0205. The lowest BCUT2D eigenvalue weighted by atomic mass is 10.3. The van der Waals surface area contributed by atoms with Crippen LogP contribution in [0.1, 0.15) is 5.69 Å². The van der Waals surface area contributed by atoms with Gasteiger partial charge in [-0.15, -0.1) is 0 Å². The largest absolute Gasteiger partial charge is 0.505 e. The van der Waals surface area contributed by atoms with Crippen molar-refractivity contribution < 1.29 is 19.7 Å². The van der Waals surface area contributed by atoms with Gasteiger partial charge in [0.2, 0.25) is 0 Å². The van der Waals surface area contributed by atoms with Gasteiger partial charge in [-0.2, -0.15) is 9.78 Å². The summed E-state index contributed by atoms with van der Waals surface area (Å²) in [4.78, 5) is 22.4. The van der Waals surface area contributed by atoms with Gasteiger partial charge in [0.25, 0.3) is 5.56 Å². The highest BCUT2D eigenvalue weighted by Gasteiger charge is 2.08. The molecular weight excluding hydrogens is 276 g/mol. The molecule has 108 valence electrons. The first-order chi connectivity index (χ1) is 10.0. The smallest absolute Gasteiger partial charge is 0.328 e. The highest BCUT2D eigenvalue weighted by atomic mass is 16.5. The number of methoxy groups -OCH3 is 1. The van der Waals surface area contributed by atoms with Gasteiger partial charge in [0.15, 0.2) is 0 Å². The molecule has 7 nitrogen and oxygen atoms in total. The van der Waals surface area contributed by atoms with Crippen LogP contribution in [0.4, 0.5) is 0 Å². The van der Waals surface area contributed by atoms with Gasteiger partial charge in [-0.25, -0.2) is 4.79 Å². The molecule has 1 heterocycles. The fourth-order valence-corrected chi connectivity index (χ4v) is 1.64. The SMILES string of the molecule is COc1ccc(-n2nc(/C=C/C(=O)O)c(O)cc2=O)cc1. The van der Waals surface area contributed by atoms with Crippen molar-refractivity contribution in [1.29, 1.82) is 0 Å². The number of rotatable bonds is 4. The number of hydrogen-bond donors (Lipinski definition) is 2. The van der Waals surface area contributed by atoms with Crippen LogP contribution in [-0.2, 0) is 4.79 Å². The molecular formula is C14H12N2O5. The quantitative estimate of drug-likeness (QED) is 0.815. The van der Waals surface area contributed by atoms with Gasteiger partial charge in [-0.1, -0.05) is 0 Å². The Bertz CT molecular complexity index is 747. The Labute approximate surface area is 119 Å². The number of carbonyl (C=O) groups is 1. The highest BCUT2D eigenvalue weighted by Crippen LogP contribution is 2.16. The van der Waals surface area contributed by atoms with Crippen molar-refractivity contribution in [3.05, 3.63) is 52.5 Å². The van der Waals surface area contributed by atoms with Gasteiger partial charge in [-0.3, -0.25) is 4.79 Å². The normalized spacial score (nSPS) is 10.7. The van der Waals surface area contributed by atoms with Gasteiger partial charge in [0.05, 0.1) is 12.8 Å². The Kier molecular flexibility index (Phi) is 4.03. The minimum atomic E-state index is -1.18. The first-order valence-corrected chi connectivity index (χ1v) is 5.90. The molecule has 0 bridgehead atoms. The van der Waals surface area contributed by atoms with E-state index in [9.17, 15) is 14.7 Å². The van der Waals surface area contributed by atoms with E-state index in [4.69, 9.17) is 9.84 Å². The van der Waals surface area contributed by atoms with Crippen LogP contribution in [0.15, 0.2) is 41.2 Å². The second kappa shape index (κ2) is 5.91. The van der Waals surface area contributed by atoms with E-state index in [1.165, 1.54) is 7.11 Å². The zero-order valence-electron chi connectivity index (χ0n) is 11.1. The zero-order valence-corrected chi connectivity index (χ0v) is 11.1. The Morgan fingerprint density at radius 2 is 2.00 bits per heavy atom. The van der Waals surface area contributed by atoms with Crippen LogP contribution >= 0.6 is 0 Å². The van der Waals surface area contributed by atoms with Crippen molar-refractivity contribution in [2.45, 2.75) is 0 Å². The molecule has 0 spiro atoms. The van der Waals surface area contributed by atoms with E-state index in [-0.39, 0.29) is 11.4 Å². The second-order valence-corrected chi connectivity index (χ2v) is 4.03. The molecule has 0 aliphatic carbocycles. The third-order valence-corrected chi connectivity index (χ3v) is 2.64. The van der Waals surface area contributed by atoms with Crippen LogP contribution in [0, 0.1) is 0 Å². The van der Waals surface area contributed by atoms with Crippen molar-refractivity contribution in [2.75, 3.05) is 7.11 Å². The number of ether oxygens (including phenoxy) is 1. The summed E-state index contributed by atoms with van der Waals surface area (Å²) >= 11 is 0. The molecule has 0 aliphatic heterocycles. The predicted octanol–water partition coefficient (Wildman–Crippen LogP) is 1.04. The second-order valence-electron chi connectivity index (χ2n) is 4.03. The van der Waals surface area contributed by atoms with Gasteiger partial charge in [-0.05, 0) is 30.3 Å². The fraction of sp³-hybridized carbons (Fsp3) is 0.0714. The molecule has 1 aromatic carbocycles. The van der Waals surface area contributed by atoms with Gasteiger partial charge < -0.3 is 14.9 Å². The van der Waals surface area contributed by atoms with Gasteiger partial charge in [0, 0.05) is 12.1 Å². The predicted molar refractivity (Wildman–Crippen MR) is 74.7 cm³/mol. The van der Waals surface area contributed by atoms with Crippen LogP contribution in [0.3, 0.4) is 0 Å². The average molecular weight is 288 g/mol. The van der Waals surface area contributed by atoms with Crippen LogP contribution in [0.5, 0.6) is 11.5 Å². The fourth-order valence-electron chi connectivity index (χ4n) is 1.64. The first-order valence-electron chi connectivity index (χ1n) is 5.90. The van der Waals surface area contributed by atoms with Crippen molar-refractivity contribution >= 4 is 12.0 Å². The summed E-state index contributed by atoms with van der Waals surface area (Å²) in [5.41, 5.74) is -0.0938. The standard InChI is InChI=1S/C14H12N2O5/c1-21-10-4-2-9(3-5-10)16-13(18)8-12(17)11(15-16)6-7-14(19)20/h2-8,17H,1H3,(H,19,20)/b7-6+. The number of benzene rings is 1. The van der Waals surface area contributed by atoms with Crippen molar-refractivity contribution in [2.24, 2.45) is 0 Å². The lowest BCUT2D eigenvalue weighted by Gasteiger charge is -2.07. The molecule has 7 heteroatoms. The van der Waals surface area contributed by atoms with E-state index in [0.29, 0.717) is 11.4 Å². The highest BCUT2D eigenvalue weighted by molar-refractivity contribution is 5.85. The molecule has 0 saturated heterocycles. The summed E-state index contributed by atoms with van der Waals surface area (Å²) in [6, 6.07) is 7.52. The number of aromatic hydroxyl groups is 1. The van der Waals surface area contributed by atoms with Crippen LogP contribution < -0.4 is 10.3 Å². The third kappa shape index (κ3) is 3.27. The average Bonchev–Trinajstić information content (AvgIpc) is 2.46. The Hall–Kier alpha value is -3.09. The summed E-state index contributed by atoms with van der Waals surface area (Å²) in [6.45, 7) is 0. The maximum absolute atomic E-state index is 11.9. The minimum Gasteiger partial charge on any atom is -0.505 e. The summed E-state index contributed by atoms with van der Waals surface area (Å²) in [7, 11) is 1.52. The maximum atomic E-state index is 11.9. The summed E-state index contributed by atoms with van der Waals surface area (Å²) in [6.07, 6.45) is 1.93. The van der Waals surface area contributed by atoms with E-state index >= 15 is 0 Å². The molecule has 0 atom stereocenters. The van der Waals surface area contributed by atoms with E-state index in [2.05, 4.69) is 5.10 Å². The van der Waals surface area contributed by atoms with Gasteiger partial charge >= 0.3 is 5.97 Å². The van der Waals surface area contributed by atoms with Crippen molar-refractivity contribution in [3.63, 3.8) is 0 Å². The number of hydrogen-bond acceptors (Lipinski definition) is 5. The van der Waals surface area contributed by atoms with Gasteiger partial charge in [0.1, 0.15) is 17.2 Å². The summed E-state index contributed by atoms with van der Waals surface area (Å²) in [5, 5.41) is 22.1. The number of nitrogens with zero attached hydrogens (tertiary/aromatic N) is 2. The molecule has 0 fully saturated rings. The van der Waals surface area contributed by atoms with Crippen LogP contribution in [0.25, 0.3) is 11.8 Å². The first kappa shape index (κ1) is 14.3. The molecule has 0 unspecified atom stereocenters. The third-order valence-electron chi connectivity index (χ3n) is 2.64. The zero-order chi connectivity index (χ0) is 15.4. The number of carboxylic acids is 1. The van der Waals surface area contributed by atoms with E-state index < -0.39 is 11.5 Å². The van der Waals surface area contributed by atoms with Crippen molar-refractivity contribution in [1.82, 2.24) is 9.78 Å². The van der Waals surface area contributed by atoms with E-state index in [1.54, 1.807) is 24.3 Å². The number of aliphatic carboxylic acids is 1. The molecule has 2 aromatic rings. The number of carboxylic acid groups (broad SMARTS) is 1. The Morgan fingerprint density at radius 3 is 2.57 bits per heavy atom. The number of aromatic nitrogens is 2. The molecule has 21 heavy (non-hydrogen) atoms. The van der Waals surface area contributed by atoms with E-state index in [0.717, 1.165) is 22.9 Å². The lowest BCUT2D eigenvalue weighted by Crippen LogP contribution is -2.20. The Balaban J connectivity index is 2.50. The topological polar surface area (TPSA) is 102 Å². The Morgan fingerprint density at radius 1 is 1.33 bits per heavy atom. The van der Waals surface area contributed by atoms with Crippen LogP contribution in [0.2, 0.25) is 0 Å². The molecule has 0 radical (unpaired) electrons. The molecule has 2 rings (SSSR count). The maximum Gasteiger partial charge on any atom is 0.328 e. The van der Waals surface area contributed by atoms with Crippen molar-refractivity contribution in [3.8, 4) is 17.2 Å². The lowest BCUT2D eigenvalue weighted by molar-refractivity contribution is -0.131. The molecule has 2 N–H and O–H groups in total. The van der Waals surface area contributed by atoms with E-state index in [1.807, 2.05) is 0 Å². The van der Waals surface area contributed by atoms with Crippen LogP contribution in [-0.4, -0.2) is 33.1 Å². The summed E-state index contributed by atoms with van der Waals surface area (Å²) in [5.74, 6) is -0.947. The molecule has 0 amide bonds. The monoisotopic (exact) mass is 288 g/mol. The molecule has 0 saturated carbocycles.